The molecule has 0 aromatic heterocycles. The van der Waals surface area contributed by atoms with Crippen LogP contribution in [0.25, 0.3) is 0 Å². The summed E-state index contributed by atoms with van der Waals surface area (Å²) < 4.78 is 35.9. The van der Waals surface area contributed by atoms with Crippen molar-refractivity contribution in [3.8, 4) is 0 Å². The lowest BCUT2D eigenvalue weighted by Crippen LogP contribution is -2.70. The highest BCUT2D eigenvalue weighted by atomic mass is 16.6. The highest BCUT2D eigenvalue weighted by Gasteiger charge is 2.86. The van der Waals surface area contributed by atoms with E-state index < -0.39 is 112 Å². The Morgan fingerprint density at radius 1 is 0.844 bits per heavy atom. The van der Waals surface area contributed by atoms with E-state index in [-0.39, 0.29) is 19.3 Å². The van der Waals surface area contributed by atoms with Crippen LogP contribution in [0.15, 0.2) is 0 Å². The lowest BCUT2D eigenvalue weighted by molar-refractivity contribution is -0.265. The molecule has 2 N–H and O–H groups in total. The van der Waals surface area contributed by atoms with Gasteiger partial charge in [0.2, 0.25) is 0 Å². The summed E-state index contributed by atoms with van der Waals surface area (Å²) in [5.41, 5.74) is -10.0. The summed E-state index contributed by atoms with van der Waals surface area (Å²) in [7, 11) is 0. The molecule has 1 heterocycles. The van der Waals surface area contributed by atoms with Crippen molar-refractivity contribution in [3.63, 3.8) is 0 Å². The quantitative estimate of drug-likeness (QED) is 0.298. The van der Waals surface area contributed by atoms with Crippen LogP contribution in [0.5, 0.6) is 0 Å². The van der Waals surface area contributed by atoms with Crippen LogP contribution in [0.4, 0.5) is 0 Å². The molecule has 252 valence electrons. The number of hydrogen-bond donors (Lipinski definition) is 2. The summed E-state index contributed by atoms with van der Waals surface area (Å²) in [6, 6.07) is 0. The van der Waals surface area contributed by atoms with Gasteiger partial charge in [0.1, 0.15) is 11.7 Å². The number of carbonyl (C=O) groups excluding carboxylic acids is 6. The van der Waals surface area contributed by atoms with Gasteiger partial charge >= 0.3 is 35.8 Å². The van der Waals surface area contributed by atoms with Gasteiger partial charge in [-0.3, -0.25) is 28.8 Å². The van der Waals surface area contributed by atoms with Gasteiger partial charge in [-0.05, 0) is 40.5 Å². The lowest BCUT2D eigenvalue weighted by atomic mass is 9.55. The zero-order valence-electron chi connectivity index (χ0n) is 27.2. The van der Waals surface area contributed by atoms with E-state index in [1.54, 1.807) is 0 Å². The second-order valence-corrected chi connectivity index (χ2v) is 13.6. The van der Waals surface area contributed by atoms with Crippen LogP contribution in [0.1, 0.15) is 88.0 Å². The van der Waals surface area contributed by atoms with Gasteiger partial charge in [0.05, 0.1) is 17.4 Å². The average molecular weight is 641 g/mol. The molecule has 11 atom stereocenters. The molecule has 14 nitrogen and oxygen atoms in total. The summed E-state index contributed by atoms with van der Waals surface area (Å²) in [4.78, 5) is 77.7. The lowest BCUT2D eigenvalue weighted by Gasteiger charge is -2.54. The summed E-state index contributed by atoms with van der Waals surface area (Å²) in [5, 5.41) is 24.6. The van der Waals surface area contributed by atoms with Crippen molar-refractivity contribution < 1.29 is 67.4 Å². The van der Waals surface area contributed by atoms with E-state index >= 15 is 0 Å². The average Bonchev–Trinajstić information content (AvgIpc) is 3.28. The van der Waals surface area contributed by atoms with E-state index in [2.05, 4.69) is 0 Å². The van der Waals surface area contributed by atoms with Gasteiger partial charge in [0, 0.05) is 51.9 Å². The molecule has 14 heteroatoms. The standard InChI is InChI=1S/C31H44O14/c1-10-21(36)43-24-25(41-15(3)33)31(27(6,7)38)20(13-22(37)45-31)28(8,39)19-12-11-18-23(40-14(2)32)30(19,24)26(42-16(4)34)29(18,9)44-17(5)35/h18-20,23-26,38-39H,10-13H2,1-9H3/t18-,19+,20+,23-,24-,25-,26+,28-,29+,30+,31+/m1/s1. The van der Waals surface area contributed by atoms with Crippen LogP contribution < -0.4 is 0 Å². The molecule has 0 aromatic rings. The first-order chi connectivity index (χ1) is 20.6. The van der Waals surface area contributed by atoms with Crippen molar-refractivity contribution in [1.29, 1.82) is 0 Å². The molecule has 0 aromatic carbocycles. The monoisotopic (exact) mass is 640 g/mol. The van der Waals surface area contributed by atoms with Gasteiger partial charge in [0.15, 0.2) is 29.5 Å². The van der Waals surface area contributed by atoms with Crippen molar-refractivity contribution in [2.75, 3.05) is 0 Å². The molecule has 2 bridgehead atoms. The molecule has 4 rings (SSSR count). The van der Waals surface area contributed by atoms with E-state index in [4.69, 9.17) is 28.4 Å². The fraction of sp³-hybridized carbons (Fsp3) is 0.806. The van der Waals surface area contributed by atoms with E-state index in [1.165, 1.54) is 34.6 Å². The molecule has 4 aliphatic rings. The maximum absolute atomic E-state index is 13.3. The molecule has 0 radical (unpaired) electrons. The van der Waals surface area contributed by atoms with Gasteiger partial charge in [-0.25, -0.2) is 0 Å². The Hall–Kier alpha value is -3.26. The second-order valence-electron chi connectivity index (χ2n) is 13.6. The van der Waals surface area contributed by atoms with Crippen LogP contribution in [-0.2, 0) is 57.2 Å². The SMILES string of the molecule is CCC(=O)O[C@@H]1[C@@H](OC(C)=O)[C@@]2(C(C)(C)O)OC(=O)C[C@H]2[C@](C)(O)[C@@H]2CC[C@@H]3[C@@H](OC(C)=O)[C@]12[C@@H](OC(C)=O)[C@@]3(C)OC(C)=O. The first-order valence-electron chi connectivity index (χ1n) is 15.2. The summed E-state index contributed by atoms with van der Waals surface area (Å²) in [6.45, 7) is 11.5. The Kier molecular flexibility index (Phi) is 8.63. The zero-order valence-corrected chi connectivity index (χ0v) is 27.2. The van der Waals surface area contributed by atoms with Crippen molar-refractivity contribution in [3.05, 3.63) is 0 Å². The molecule has 3 saturated carbocycles. The molecular formula is C31H44O14. The summed E-state index contributed by atoms with van der Waals surface area (Å²) >= 11 is 0. The topological polar surface area (TPSA) is 198 Å². The fourth-order valence-corrected chi connectivity index (χ4v) is 9.26. The number of aliphatic hydroxyl groups is 2. The Labute approximate surface area is 261 Å². The minimum absolute atomic E-state index is 0.101. The number of carbonyl (C=O) groups is 6. The first-order valence-corrected chi connectivity index (χ1v) is 15.2. The van der Waals surface area contributed by atoms with Gasteiger partial charge in [0.25, 0.3) is 0 Å². The Morgan fingerprint density at radius 2 is 1.40 bits per heavy atom. The van der Waals surface area contributed by atoms with E-state index in [9.17, 15) is 39.0 Å². The fourth-order valence-electron chi connectivity index (χ4n) is 9.26. The van der Waals surface area contributed by atoms with Gasteiger partial charge in [-0.15, -0.1) is 0 Å². The molecule has 1 saturated heterocycles. The van der Waals surface area contributed by atoms with Crippen molar-refractivity contribution in [2.24, 2.45) is 23.2 Å². The van der Waals surface area contributed by atoms with Crippen molar-refractivity contribution in [1.82, 2.24) is 0 Å². The Bertz CT molecular complexity index is 1280. The maximum Gasteiger partial charge on any atom is 0.307 e. The Balaban J connectivity index is 2.25. The third-order valence-corrected chi connectivity index (χ3v) is 10.4. The van der Waals surface area contributed by atoms with Crippen LogP contribution in [0.3, 0.4) is 0 Å². The molecule has 1 aliphatic heterocycles. The minimum atomic E-state index is -2.23. The van der Waals surface area contributed by atoms with E-state index in [0.29, 0.717) is 0 Å². The third-order valence-electron chi connectivity index (χ3n) is 10.4. The number of hydrogen-bond acceptors (Lipinski definition) is 14. The molecule has 0 unspecified atom stereocenters. The van der Waals surface area contributed by atoms with Crippen molar-refractivity contribution >= 4 is 35.8 Å². The highest BCUT2D eigenvalue weighted by molar-refractivity contribution is 5.75. The molecule has 1 spiro atoms. The Morgan fingerprint density at radius 3 is 1.89 bits per heavy atom. The molecule has 3 aliphatic carbocycles. The molecule has 45 heavy (non-hydrogen) atoms. The van der Waals surface area contributed by atoms with Crippen LogP contribution in [-0.4, -0.2) is 92.8 Å². The molecule has 0 amide bonds. The number of fused-ring (bicyclic) bond motifs is 2. The van der Waals surface area contributed by atoms with E-state index in [1.807, 2.05) is 0 Å². The van der Waals surface area contributed by atoms with Gasteiger partial charge in [-0.1, -0.05) is 6.92 Å². The first kappa shape index (κ1) is 34.6. The highest BCUT2D eigenvalue weighted by Crippen LogP contribution is 2.71. The predicted octanol–water partition coefficient (Wildman–Crippen LogP) is 1.29. The zero-order chi connectivity index (χ0) is 34.1. The summed E-state index contributed by atoms with van der Waals surface area (Å²) in [5.74, 6) is -8.24. The van der Waals surface area contributed by atoms with Crippen molar-refractivity contribution in [2.45, 2.75) is 135 Å². The normalized spacial score (nSPS) is 41.8. The number of ether oxygens (including phenoxy) is 6. The van der Waals surface area contributed by atoms with E-state index in [0.717, 1.165) is 27.7 Å². The second kappa shape index (κ2) is 11.2. The molecular weight excluding hydrogens is 596 g/mol. The predicted molar refractivity (Wildman–Crippen MR) is 150 cm³/mol. The summed E-state index contributed by atoms with van der Waals surface area (Å²) in [6.07, 6.45) is -6.93. The van der Waals surface area contributed by atoms with Crippen LogP contribution in [0.2, 0.25) is 0 Å². The third kappa shape index (κ3) is 4.99. The minimum Gasteiger partial charge on any atom is -0.461 e. The number of esters is 6. The smallest absolute Gasteiger partial charge is 0.307 e. The van der Waals surface area contributed by atoms with Crippen LogP contribution >= 0.6 is 0 Å². The largest absolute Gasteiger partial charge is 0.461 e. The van der Waals surface area contributed by atoms with Crippen LogP contribution in [0, 0.1) is 23.2 Å². The molecule has 4 fully saturated rings. The maximum atomic E-state index is 13.3. The number of rotatable bonds is 7. The van der Waals surface area contributed by atoms with Gasteiger partial charge < -0.3 is 38.6 Å². The van der Waals surface area contributed by atoms with Gasteiger partial charge in [-0.2, -0.15) is 0 Å².